The van der Waals surface area contributed by atoms with E-state index in [1.165, 1.54) is 0 Å². The van der Waals surface area contributed by atoms with Crippen LogP contribution >= 0.6 is 0 Å². The van der Waals surface area contributed by atoms with Crippen molar-refractivity contribution in [3.8, 4) is 0 Å². The molecule has 0 saturated carbocycles. The molecule has 0 aliphatic carbocycles. The molecule has 1 aromatic carbocycles. The molecule has 1 rings (SSSR count). The van der Waals surface area contributed by atoms with Crippen LogP contribution in [0.1, 0.15) is 11.1 Å². The van der Waals surface area contributed by atoms with Crippen molar-refractivity contribution in [3.05, 3.63) is 35.1 Å². The Labute approximate surface area is 82.9 Å². The maximum absolute atomic E-state index is 13.0. The first-order valence-electron chi connectivity index (χ1n) is 3.98. The number of carbonyl (C=O) groups is 1. The second-order valence-corrected chi connectivity index (χ2v) is 2.80. The summed E-state index contributed by atoms with van der Waals surface area (Å²) in [5.74, 6) is -0.780. The van der Waals surface area contributed by atoms with Gasteiger partial charge in [0.25, 0.3) is 0 Å². The van der Waals surface area contributed by atoms with E-state index in [1.54, 1.807) is 0 Å². The van der Waals surface area contributed by atoms with E-state index in [0.717, 1.165) is 6.07 Å². The van der Waals surface area contributed by atoms with E-state index in [0.29, 0.717) is 18.5 Å². The third-order valence-electron chi connectivity index (χ3n) is 1.75. The van der Waals surface area contributed by atoms with Gasteiger partial charge < -0.3 is 5.32 Å². The number of carbonyl (C=O) groups excluding carboxylic acids is 1. The van der Waals surface area contributed by atoms with Crippen LogP contribution in [-0.4, -0.2) is 6.41 Å². The summed E-state index contributed by atoms with van der Waals surface area (Å²) in [5.41, 5.74) is -1.14. The Bertz CT molecular complexity index is 362. The van der Waals surface area contributed by atoms with Crippen LogP contribution in [0.25, 0.3) is 0 Å². The lowest BCUT2D eigenvalue weighted by atomic mass is 10.1. The van der Waals surface area contributed by atoms with E-state index in [-0.39, 0.29) is 12.1 Å². The van der Waals surface area contributed by atoms with Gasteiger partial charge in [-0.05, 0) is 18.2 Å². The number of hydrogen-bond acceptors (Lipinski definition) is 1. The van der Waals surface area contributed by atoms with Crippen LogP contribution in [-0.2, 0) is 17.5 Å². The molecule has 0 radical (unpaired) electrons. The van der Waals surface area contributed by atoms with E-state index < -0.39 is 17.6 Å². The summed E-state index contributed by atoms with van der Waals surface area (Å²) in [7, 11) is 0. The van der Waals surface area contributed by atoms with Crippen molar-refractivity contribution in [1.29, 1.82) is 0 Å². The van der Waals surface area contributed by atoms with Gasteiger partial charge in [-0.2, -0.15) is 13.2 Å². The predicted octanol–water partition coefficient (Wildman–Crippen LogP) is 2.09. The molecular weight excluding hydrogens is 214 g/mol. The molecule has 0 aromatic heterocycles. The van der Waals surface area contributed by atoms with Crippen molar-refractivity contribution in [2.24, 2.45) is 0 Å². The van der Waals surface area contributed by atoms with Gasteiger partial charge in [0.1, 0.15) is 5.82 Å². The van der Waals surface area contributed by atoms with E-state index in [4.69, 9.17) is 0 Å². The number of nitrogens with one attached hydrogen (secondary N) is 1. The number of amides is 1. The molecule has 82 valence electrons. The minimum absolute atomic E-state index is 0.197. The number of alkyl halides is 3. The normalized spacial score (nSPS) is 11.2. The SMILES string of the molecule is O=CNCc1cc(C(F)(F)F)ccc1F. The van der Waals surface area contributed by atoms with Gasteiger partial charge in [0.05, 0.1) is 5.56 Å². The Morgan fingerprint density at radius 2 is 2.00 bits per heavy atom. The molecule has 2 nitrogen and oxygen atoms in total. The summed E-state index contributed by atoms with van der Waals surface area (Å²) in [6.45, 7) is -0.265. The summed E-state index contributed by atoms with van der Waals surface area (Å²) in [6.07, 6.45) is -4.22. The molecule has 1 amide bonds. The van der Waals surface area contributed by atoms with Crippen LogP contribution in [0.4, 0.5) is 17.6 Å². The Morgan fingerprint density at radius 1 is 1.33 bits per heavy atom. The minimum Gasteiger partial charge on any atom is -0.354 e. The van der Waals surface area contributed by atoms with Crippen molar-refractivity contribution in [1.82, 2.24) is 5.32 Å². The van der Waals surface area contributed by atoms with E-state index in [2.05, 4.69) is 5.32 Å². The Balaban J connectivity index is 3.00. The van der Waals surface area contributed by atoms with Crippen molar-refractivity contribution in [3.63, 3.8) is 0 Å². The highest BCUT2D eigenvalue weighted by molar-refractivity contribution is 5.46. The fourth-order valence-electron chi connectivity index (χ4n) is 1.04. The Hall–Kier alpha value is -1.59. The van der Waals surface area contributed by atoms with Gasteiger partial charge in [0.2, 0.25) is 6.41 Å². The first-order chi connectivity index (χ1) is 6.95. The lowest BCUT2D eigenvalue weighted by Crippen LogP contribution is -2.13. The molecule has 0 aliphatic heterocycles. The highest BCUT2D eigenvalue weighted by Gasteiger charge is 2.30. The quantitative estimate of drug-likeness (QED) is 0.614. The van der Waals surface area contributed by atoms with Crippen LogP contribution < -0.4 is 5.32 Å². The first-order valence-corrected chi connectivity index (χ1v) is 3.98. The molecule has 0 aliphatic rings. The van der Waals surface area contributed by atoms with Crippen LogP contribution in [0.3, 0.4) is 0 Å². The highest BCUT2D eigenvalue weighted by atomic mass is 19.4. The van der Waals surface area contributed by atoms with Gasteiger partial charge >= 0.3 is 6.18 Å². The van der Waals surface area contributed by atoms with Crippen LogP contribution in [0.2, 0.25) is 0 Å². The average molecular weight is 221 g/mol. The standard InChI is InChI=1S/C9H7F4NO/c10-8-2-1-7(9(11,12)13)3-6(8)4-14-5-15/h1-3,5H,4H2,(H,14,15). The molecule has 1 aromatic rings. The first kappa shape index (κ1) is 11.5. The average Bonchev–Trinajstić information content (AvgIpc) is 2.15. The van der Waals surface area contributed by atoms with Crippen molar-refractivity contribution in [2.45, 2.75) is 12.7 Å². The third-order valence-corrected chi connectivity index (χ3v) is 1.75. The number of rotatable bonds is 3. The summed E-state index contributed by atoms with van der Waals surface area (Å²) in [4.78, 5) is 9.92. The van der Waals surface area contributed by atoms with Crippen molar-refractivity contribution >= 4 is 6.41 Å². The van der Waals surface area contributed by atoms with E-state index in [9.17, 15) is 22.4 Å². The molecule has 0 heterocycles. The topological polar surface area (TPSA) is 29.1 Å². The zero-order valence-corrected chi connectivity index (χ0v) is 7.44. The van der Waals surface area contributed by atoms with Gasteiger partial charge in [0, 0.05) is 12.1 Å². The summed E-state index contributed by atoms with van der Waals surface area (Å²) < 4.78 is 49.6. The molecule has 0 spiro atoms. The summed E-state index contributed by atoms with van der Waals surface area (Å²) in [5, 5.41) is 2.10. The number of benzene rings is 1. The lowest BCUT2D eigenvalue weighted by molar-refractivity contribution is -0.137. The summed E-state index contributed by atoms with van der Waals surface area (Å²) >= 11 is 0. The largest absolute Gasteiger partial charge is 0.416 e. The molecule has 0 saturated heterocycles. The monoisotopic (exact) mass is 221 g/mol. The third kappa shape index (κ3) is 2.93. The smallest absolute Gasteiger partial charge is 0.354 e. The Morgan fingerprint density at radius 3 is 2.53 bits per heavy atom. The fourth-order valence-corrected chi connectivity index (χ4v) is 1.04. The van der Waals surface area contributed by atoms with Gasteiger partial charge in [-0.3, -0.25) is 4.79 Å². The molecule has 0 fully saturated rings. The van der Waals surface area contributed by atoms with Crippen molar-refractivity contribution in [2.75, 3.05) is 0 Å². The molecule has 6 heteroatoms. The second kappa shape index (κ2) is 4.29. The predicted molar refractivity (Wildman–Crippen MR) is 44.3 cm³/mol. The second-order valence-electron chi connectivity index (χ2n) is 2.80. The van der Waals surface area contributed by atoms with Crippen LogP contribution in [0, 0.1) is 5.82 Å². The Kier molecular flexibility index (Phi) is 3.28. The lowest BCUT2D eigenvalue weighted by Gasteiger charge is -2.09. The fraction of sp³-hybridized carbons (Fsp3) is 0.222. The number of hydrogen-bond donors (Lipinski definition) is 1. The minimum atomic E-state index is -4.51. The molecule has 0 bridgehead atoms. The van der Waals surface area contributed by atoms with Crippen LogP contribution in [0.5, 0.6) is 0 Å². The number of halogens is 4. The molecule has 15 heavy (non-hydrogen) atoms. The summed E-state index contributed by atoms with van der Waals surface area (Å²) in [6, 6.07) is 2.05. The highest BCUT2D eigenvalue weighted by Crippen LogP contribution is 2.30. The van der Waals surface area contributed by atoms with Crippen LogP contribution in [0.15, 0.2) is 18.2 Å². The maximum atomic E-state index is 13.0. The zero-order valence-electron chi connectivity index (χ0n) is 7.44. The molecule has 1 N–H and O–H groups in total. The van der Waals surface area contributed by atoms with Gasteiger partial charge in [-0.25, -0.2) is 4.39 Å². The van der Waals surface area contributed by atoms with Gasteiger partial charge in [0.15, 0.2) is 0 Å². The molecular formula is C9H7F4NO. The van der Waals surface area contributed by atoms with Gasteiger partial charge in [-0.15, -0.1) is 0 Å². The molecule has 0 atom stereocenters. The van der Waals surface area contributed by atoms with Crippen molar-refractivity contribution < 1.29 is 22.4 Å². The van der Waals surface area contributed by atoms with Gasteiger partial charge in [-0.1, -0.05) is 0 Å². The zero-order chi connectivity index (χ0) is 11.5. The van der Waals surface area contributed by atoms with E-state index >= 15 is 0 Å². The van der Waals surface area contributed by atoms with E-state index in [1.807, 2.05) is 0 Å². The molecule has 0 unspecified atom stereocenters. The maximum Gasteiger partial charge on any atom is 0.416 e.